The van der Waals surface area contributed by atoms with Crippen LogP contribution in [0.1, 0.15) is 31.5 Å². The van der Waals surface area contributed by atoms with Crippen LogP contribution in [0.4, 0.5) is 5.69 Å². The topological polar surface area (TPSA) is 60.1 Å². The van der Waals surface area contributed by atoms with Crippen LogP contribution in [0.25, 0.3) is 0 Å². The summed E-state index contributed by atoms with van der Waals surface area (Å²) in [5.41, 5.74) is 2.09. The molecule has 22 heavy (non-hydrogen) atoms. The minimum atomic E-state index is -0.331. The van der Waals surface area contributed by atoms with Crippen molar-refractivity contribution < 1.29 is 4.92 Å². The molecule has 1 aromatic heterocycles. The third-order valence-corrected chi connectivity index (χ3v) is 3.68. The smallest absolute Gasteiger partial charge is 0.273 e. The number of aryl methyl sites for hydroxylation is 1. The summed E-state index contributed by atoms with van der Waals surface area (Å²) in [5, 5.41) is 14.3. The molecule has 1 aromatic carbocycles. The molecule has 1 N–H and O–H groups in total. The van der Waals surface area contributed by atoms with Crippen LogP contribution in [0.5, 0.6) is 0 Å². The Balaban J connectivity index is 1.92. The number of benzene rings is 1. The van der Waals surface area contributed by atoms with E-state index in [1.807, 2.05) is 12.1 Å². The summed E-state index contributed by atoms with van der Waals surface area (Å²) in [6.45, 7) is 6.64. The number of aromatic nitrogens is 1. The molecular formula is C17H23N3O2. The molecule has 2 rings (SSSR count). The van der Waals surface area contributed by atoms with Gasteiger partial charge in [-0.1, -0.05) is 32.0 Å². The van der Waals surface area contributed by atoms with Gasteiger partial charge >= 0.3 is 0 Å². The van der Waals surface area contributed by atoms with Crippen LogP contribution >= 0.6 is 0 Å². The molecule has 118 valence electrons. The van der Waals surface area contributed by atoms with Gasteiger partial charge in [-0.3, -0.25) is 10.1 Å². The van der Waals surface area contributed by atoms with E-state index in [9.17, 15) is 10.1 Å². The van der Waals surface area contributed by atoms with Crippen LogP contribution in [0.15, 0.2) is 42.6 Å². The first-order valence-electron chi connectivity index (χ1n) is 7.65. The second-order valence-electron chi connectivity index (χ2n) is 5.86. The standard InChI is InChI=1S/C17H23N3O2/c1-14(2)9-11-19-10-5-7-16(19)13-18-12-15-6-3-4-8-17(15)20(21)22/h3-8,10,14,18H,9,11-13H2,1-2H3. The van der Waals surface area contributed by atoms with Crippen molar-refractivity contribution in [1.82, 2.24) is 9.88 Å². The number of rotatable bonds is 8. The number of nitro benzene ring substituents is 1. The third-order valence-electron chi connectivity index (χ3n) is 3.68. The summed E-state index contributed by atoms with van der Waals surface area (Å²) in [7, 11) is 0. The Bertz CT molecular complexity index is 620. The number of para-hydroxylation sites is 1. The average molecular weight is 301 g/mol. The SMILES string of the molecule is CC(C)CCn1cccc1CNCc1ccccc1[N+](=O)[O-]. The van der Waals surface area contributed by atoms with Gasteiger partial charge in [-0.25, -0.2) is 0 Å². The van der Waals surface area contributed by atoms with Crippen molar-refractivity contribution in [2.75, 3.05) is 0 Å². The van der Waals surface area contributed by atoms with E-state index >= 15 is 0 Å². The second-order valence-corrected chi connectivity index (χ2v) is 5.86. The second kappa shape index (κ2) is 7.75. The van der Waals surface area contributed by atoms with Crippen molar-refractivity contribution >= 4 is 5.69 Å². The van der Waals surface area contributed by atoms with Crippen LogP contribution in [0, 0.1) is 16.0 Å². The minimum absolute atomic E-state index is 0.171. The highest BCUT2D eigenvalue weighted by Gasteiger charge is 2.11. The van der Waals surface area contributed by atoms with Crippen LogP contribution in [0.2, 0.25) is 0 Å². The molecule has 0 atom stereocenters. The Morgan fingerprint density at radius 1 is 1.18 bits per heavy atom. The van der Waals surface area contributed by atoms with Gasteiger partial charge in [-0.2, -0.15) is 0 Å². The minimum Gasteiger partial charge on any atom is -0.350 e. The summed E-state index contributed by atoms with van der Waals surface area (Å²) >= 11 is 0. The van der Waals surface area contributed by atoms with E-state index in [4.69, 9.17) is 0 Å². The Morgan fingerprint density at radius 2 is 1.95 bits per heavy atom. The predicted molar refractivity (Wildman–Crippen MR) is 87.5 cm³/mol. The number of nitrogens with zero attached hydrogens (tertiary/aromatic N) is 2. The van der Waals surface area contributed by atoms with Crippen molar-refractivity contribution in [2.45, 2.75) is 39.9 Å². The number of hydrogen-bond donors (Lipinski definition) is 1. The predicted octanol–water partition coefficient (Wildman–Crippen LogP) is 3.73. The third kappa shape index (κ3) is 4.43. The zero-order valence-corrected chi connectivity index (χ0v) is 13.2. The Morgan fingerprint density at radius 3 is 2.68 bits per heavy atom. The van der Waals surface area contributed by atoms with Gasteiger partial charge in [0.05, 0.1) is 4.92 Å². The zero-order chi connectivity index (χ0) is 15.9. The van der Waals surface area contributed by atoms with Crippen LogP contribution < -0.4 is 5.32 Å². The fraction of sp³-hybridized carbons (Fsp3) is 0.412. The molecule has 0 aliphatic rings. The van der Waals surface area contributed by atoms with E-state index in [1.165, 1.54) is 5.69 Å². The molecule has 5 nitrogen and oxygen atoms in total. The Hall–Kier alpha value is -2.14. The molecule has 0 aliphatic carbocycles. The van der Waals surface area contributed by atoms with E-state index in [0.29, 0.717) is 24.6 Å². The van der Waals surface area contributed by atoms with Crippen molar-refractivity contribution in [2.24, 2.45) is 5.92 Å². The number of hydrogen-bond acceptors (Lipinski definition) is 3. The summed E-state index contributed by atoms with van der Waals surface area (Å²) in [6.07, 6.45) is 3.23. The highest BCUT2D eigenvalue weighted by Crippen LogP contribution is 2.17. The van der Waals surface area contributed by atoms with Crippen molar-refractivity contribution in [3.63, 3.8) is 0 Å². The monoisotopic (exact) mass is 301 g/mol. The highest BCUT2D eigenvalue weighted by molar-refractivity contribution is 5.39. The summed E-state index contributed by atoms with van der Waals surface area (Å²) in [5.74, 6) is 0.676. The molecule has 0 spiro atoms. The lowest BCUT2D eigenvalue weighted by atomic mass is 10.1. The molecule has 0 unspecified atom stereocenters. The molecule has 0 saturated heterocycles. The van der Waals surface area contributed by atoms with Crippen LogP contribution in [-0.4, -0.2) is 9.49 Å². The number of nitrogens with one attached hydrogen (secondary N) is 1. The first-order valence-corrected chi connectivity index (χ1v) is 7.65. The maximum absolute atomic E-state index is 11.0. The van der Waals surface area contributed by atoms with Crippen LogP contribution in [0.3, 0.4) is 0 Å². The van der Waals surface area contributed by atoms with E-state index in [0.717, 1.165) is 13.0 Å². The van der Waals surface area contributed by atoms with Crippen molar-refractivity contribution in [1.29, 1.82) is 0 Å². The van der Waals surface area contributed by atoms with E-state index in [-0.39, 0.29) is 10.6 Å². The quantitative estimate of drug-likeness (QED) is 0.597. The van der Waals surface area contributed by atoms with Crippen molar-refractivity contribution in [3.05, 3.63) is 64.0 Å². The maximum Gasteiger partial charge on any atom is 0.273 e. The molecule has 0 saturated carbocycles. The largest absolute Gasteiger partial charge is 0.350 e. The first-order chi connectivity index (χ1) is 10.6. The van der Waals surface area contributed by atoms with Crippen molar-refractivity contribution in [3.8, 4) is 0 Å². The van der Waals surface area contributed by atoms with Crippen LogP contribution in [-0.2, 0) is 19.6 Å². The highest BCUT2D eigenvalue weighted by atomic mass is 16.6. The fourth-order valence-electron chi connectivity index (χ4n) is 2.39. The average Bonchev–Trinajstić information content (AvgIpc) is 2.93. The Labute approximate surface area is 131 Å². The van der Waals surface area contributed by atoms with Gasteiger partial charge in [-0.05, 0) is 24.5 Å². The van der Waals surface area contributed by atoms with E-state index < -0.39 is 0 Å². The van der Waals surface area contributed by atoms with Gasteiger partial charge in [0.1, 0.15) is 0 Å². The van der Waals surface area contributed by atoms with Gasteiger partial charge in [0.2, 0.25) is 0 Å². The molecule has 5 heteroatoms. The lowest BCUT2D eigenvalue weighted by Gasteiger charge is -2.12. The lowest BCUT2D eigenvalue weighted by Crippen LogP contribution is -2.16. The van der Waals surface area contributed by atoms with Gasteiger partial charge in [0.15, 0.2) is 0 Å². The van der Waals surface area contributed by atoms with E-state index in [1.54, 1.807) is 18.2 Å². The lowest BCUT2D eigenvalue weighted by molar-refractivity contribution is -0.385. The zero-order valence-electron chi connectivity index (χ0n) is 13.2. The number of nitro groups is 1. The van der Waals surface area contributed by atoms with Gasteiger partial charge in [0, 0.05) is 43.2 Å². The summed E-state index contributed by atoms with van der Waals surface area (Å²) < 4.78 is 2.24. The molecule has 1 heterocycles. The molecule has 0 radical (unpaired) electrons. The van der Waals surface area contributed by atoms with Gasteiger partial charge in [-0.15, -0.1) is 0 Å². The summed E-state index contributed by atoms with van der Waals surface area (Å²) in [4.78, 5) is 10.7. The summed E-state index contributed by atoms with van der Waals surface area (Å²) in [6, 6.07) is 11.0. The van der Waals surface area contributed by atoms with E-state index in [2.05, 4.69) is 36.0 Å². The molecule has 0 aliphatic heterocycles. The first kappa shape index (κ1) is 16.2. The van der Waals surface area contributed by atoms with Gasteiger partial charge < -0.3 is 9.88 Å². The molecule has 0 fully saturated rings. The fourth-order valence-corrected chi connectivity index (χ4v) is 2.39. The maximum atomic E-state index is 11.0. The molecule has 0 bridgehead atoms. The Kier molecular flexibility index (Phi) is 5.72. The molecule has 0 amide bonds. The van der Waals surface area contributed by atoms with Gasteiger partial charge in [0.25, 0.3) is 5.69 Å². The molecule has 2 aromatic rings. The normalized spacial score (nSPS) is 11.0. The molecular weight excluding hydrogens is 278 g/mol.